The average Bonchev–Trinajstić information content (AvgIpc) is 2.18. The Morgan fingerprint density at radius 3 is 2.47 bits per heavy atom. The van der Waals surface area contributed by atoms with Gasteiger partial charge in [0.2, 0.25) is 10.0 Å². The van der Waals surface area contributed by atoms with Gasteiger partial charge in [-0.3, -0.25) is 0 Å². The maximum atomic E-state index is 11.9. The molecule has 1 fully saturated rings. The van der Waals surface area contributed by atoms with E-state index in [1.807, 2.05) is 6.92 Å². The zero-order chi connectivity index (χ0) is 11.5. The Bertz CT molecular complexity index is 290. The van der Waals surface area contributed by atoms with Gasteiger partial charge < -0.3 is 4.90 Å². The van der Waals surface area contributed by atoms with E-state index in [4.69, 9.17) is 0 Å². The quantitative estimate of drug-likeness (QED) is 0.721. The van der Waals surface area contributed by atoms with Gasteiger partial charge in [-0.25, -0.2) is 8.42 Å². The van der Waals surface area contributed by atoms with E-state index in [1.165, 1.54) is 0 Å². The zero-order valence-corrected chi connectivity index (χ0v) is 10.8. The van der Waals surface area contributed by atoms with Crippen LogP contribution in [-0.4, -0.2) is 56.1 Å². The molecule has 1 saturated heterocycles. The van der Waals surface area contributed by atoms with Gasteiger partial charge in [-0.05, 0) is 19.9 Å². The molecule has 0 amide bonds. The molecular formula is C10H22N2O2S. The number of piperazine rings is 1. The molecule has 1 unspecified atom stereocenters. The molecule has 4 nitrogen and oxygen atoms in total. The van der Waals surface area contributed by atoms with Crippen LogP contribution in [0.5, 0.6) is 0 Å². The highest BCUT2D eigenvalue weighted by Gasteiger charge is 2.29. The SMILES string of the molecule is CCCS(=O)(=O)N1CCN(C)C(CC)C1. The van der Waals surface area contributed by atoms with Crippen molar-refractivity contribution in [2.75, 3.05) is 32.4 Å². The van der Waals surface area contributed by atoms with E-state index in [2.05, 4.69) is 18.9 Å². The van der Waals surface area contributed by atoms with E-state index in [0.29, 0.717) is 25.6 Å². The Kier molecular flexibility index (Phi) is 4.55. The fourth-order valence-corrected chi connectivity index (χ4v) is 3.53. The molecule has 90 valence electrons. The summed E-state index contributed by atoms with van der Waals surface area (Å²) in [5.41, 5.74) is 0. The van der Waals surface area contributed by atoms with Crippen molar-refractivity contribution >= 4 is 10.0 Å². The molecule has 5 heteroatoms. The van der Waals surface area contributed by atoms with Crippen LogP contribution in [-0.2, 0) is 10.0 Å². The van der Waals surface area contributed by atoms with Crippen molar-refractivity contribution < 1.29 is 8.42 Å². The van der Waals surface area contributed by atoms with Crippen molar-refractivity contribution in [1.29, 1.82) is 0 Å². The molecule has 0 bridgehead atoms. The number of nitrogens with zero attached hydrogens (tertiary/aromatic N) is 2. The van der Waals surface area contributed by atoms with E-state index in [0.717, 1.165) is 13.0 Å². The van der Waals surface area contributed by atoms with Crippen LogP contribution in [0.2, 0.25) is 0 Å². The summed E-state index contributed by atoms with van der Waals surface area (Å²) in [5.74, 6) is 0.285. The fraction of sp³-hybridized carbons (Fsp3) is 1.00. The van der Waals surface area contributed by atoms with Gasteiger partial charge in [0.05, 0.1) is 5.75 Å². The Morgan fingerprint density at radius 2 is 1.93 bits per heavy atom. The second kappa shape index (κ2) is 5.27. The van der Waals surface area contributed by atoms with E-state index < -0.39 is 10.0 Å². The van der Waals surface area contributed by atoms with Crippen molar-refractivity contribution in [2.24, 2.45) is 0 Å². The summed E-state index contributed by atoms with van der Waals surface area (Å²) in [6, 6.07) is 0.380. The maximum Gasteiger partial charge on any atom is 0.214 e. The minimum absolute atomic E-state index is 0.285. The topological polar surface area (TPSA) is 40.6 Å². The molecule has 0 saturated carbocycles. The van der Waals surface area contributed by atoms with Gasteiger partial charge in [0.15, 0.2) is 0 Å². The first-order chi connectivity index (χ1) is 7.01. The second-order valence-electron chi connectivity index (χ2n) is 4.22. The van der Waals surface area contributed by atoms with Gasteiger partial charge in [-0.2, -0.15) is 4.31 Å². The van der Waals surface area contributed by atoms with Crippen LogP contribution >= 0.6 is 0 Å². The molecule has 0 radical (unpaired) electrons. The third kappa shape index (κ3) is 3.16. The molecule has 1 aliphatic heterocycles. The molecule has 0 aliphatic carbocycles. The van der Waals surface area contributed by atoms with Gasteiger partial charge in [-0.15, -0.1) is 0 Å². The van der Waals surface area contributed by atoms with Crippen molar-refractivity contribution in [3.8, 4) is 0 Å². The Hall–Kier alpha value is -0.130. The zero-order valence-electron chi connectivity index (χ0n) is 9.94. The summed E-state index contributed by atoms with van der Waals surface area (Å²) in [6.45, 7) is 6.17. The lowest BCUT2D eigenvalue weighted by Crippen LogP contribution is -2.53. The standard InChI is InChI=1S/C10H22N2O2S/c1-4-8-15(13,14)12-7-6-11(3)10(5-2)9-12/h10H,4-9H2,1-3H3. The highest BCUT2D eigenvalue weighted by molar-refractivity contribution is 7.89. The lowest BCUT2D eigenvalue weighted by Gasteiger charge is -2.38. The predicted octanol–water partition coefficient (Wildman–Crippen LogP) is 0.752. The van der Waals surface area contributed by atoms with Crippen molar-refractivity contribution in [3.63, 3.8) is 0 Å². The second-order valence-corrected chi connectivity index (χ2v) is 6.31. The molecule has 0 spiro atoms. The van der Waals surface area contributed by atoms with Gasteiger partial charge in [0, 0.05) is 25.7 Å². The fourth-order valence-electron chi connectivity index (χ4n) is 2.00. The summed E-state index contributed by atoms with van der Waals surface area (Å²) in [6.07, 6.45) is 1.71. The summed E-state index contributed by atoms with van der Waals surface area (Å²) in [4.78, 5) is 2.25. The van der Waals surface area contributed by atoms with Crippen molar-refractivity contribution in [2.45, 2.75) is 32.7 Å². The minimum Gasteiger partial charge on any atom is -0.301 e. The number of rotatable bonds is 4. The molecule has 0 aromatic rings. The van der Waals surface area contributed by atoms with Gasteiger partial charge >= 0.3 is 0 Å². The highest BCUT2D eigenvalue weighted by Crippen LogP contribution is 2.14. The summed E-state index contributed by atoms with van der Waals surface area (Å²) in [7, 11) is -0.926. The lowest BCUT2D eigenvalue weighted by molar-refractivity contribution is 0.144. The summed E-state index contributed by atoms with van der Waals surface area (Å²) >= 11 is 0. The maximum absolute atomic E-state index is 11.9. The van der Waals surface area contributed by atoms with Crippen LogP contribution in [0.25, 0.3) is 0 Å². The van der Waals surface area contributed by atoms with Gasteiger partial charge in [0.25, 0.3) is 0 Å². The minimum atomic E-state index is -2.99. The van der Waals surface area contributed by atoms with Gasteiger partial charge in [-0.1, -0.05) is 13.8 Å². The molecule has 1 aliphatic rings. The number of hydrogen-bond donors (Lipinski definition) is 0. The van der Waals surface area contributed by atoms with E-state index >= 15 is 0 Å². The van der Waals surface area contributed by atoms with Gasteiger partial charge in [0.1, 0.15) is 0 Å². The molecule has 1 heterocycles. The Morgan fingerprint density at radius 1 is 1.27 bits per heavy atom. The van der Waals surface area contributed by atoms with E-state index in [-0.39, 0.29) is 5.75 Å². The Balaban J connectivity index is 2.66. The smallest absolute Gasteiger partial charge is 0.214 e. The molecule has 0 aromatic carbocycles. The molecule has 1 rings (SSSR count). The molecule has 15 heavy (non-hydrogen) atoms. The highest BCUT2D eigenvalue weighted by atomic mass is 32.2. The number of hydrogen-bond acceptors (Lipinski definition) is 3. The van der Waals surface area contributed by atoms with Crippen LogP contribution in [0, 0.1) is 0 Å². The first-order valence-corrected chi connectivity index (χ1v) is 7.30. The molecule has 0 N–H and O–H groups in total. The number of likely N-dealkylation sites (N-methyl/N-ethyl adjacent to an activating group) is 1. The largest absolute Gasteiger partial charge is 0.301 e. The third-order valence-corrected chi connectivity index (χ3v) is 5.11. The van der Waals surface area contributed by atoms with Crippen LogP contribution in [0.15, 0.2) is 0 Å². The van der Waals surface area contributed by atoms with Crippen molar-refractivity contribution in [1.82, 2.24) is 9.21 Å². The predicted molar refractivity (Wildman–Crippen MR) is 62.4 cm³/mol. The molecule has 1 atom stereocenters. The number of sulfonamides is 1. The first kappa shape index (κ1) is 12.9. The van der Waals surface area contributed by atoms with Crippen LogP contribution in [0.3, 0.4) is 0 Å². The van der Waals surface area contributed by atoms with Crippen molar-refractivity contribution in [3.05, 3.63) is 0 Å². The average molecular weight is 234 g/mol. The van der Waals surface area contributed by atoms with Crippen LogP contribution in [0.1, 0.15) is 26.7 Å². The van der Waals surface area contributed by atoms with Crippen LogP contribution in [0.4, 0.5) is 0 Å². The lowest BCUT2D eigenvalue weighted by atomic mass is 10.1. The van der Waals surface area contributed by atoms with Crippen LogP contribution < -0.4 is 0 Å². The van der Waals surface area contributed by atoms with E-state index in [1.54, 1.807) is 4.31 Å². The first-order valence-electron chi connectivity index (χ1n) is 5.69. The summed E-state index contributed by atoms with van der Waals surface area (Å²) in [5, 5.41) is 0. The molecule has 0 aromatic heterocycles. The third-order valence-electron chi connectivity index (χ3n) is 3.07. The monoisotopic (exact) mass is 234 g/mol. The normalized spacial score (nSPS) is 25.7. The van der Waals surface area contributed by atoms with E-state index in [9.17, 15) is 8.42 Å². The Labute approximate surface area is 93.3 Å². The summed E-state index contributed by atoms with van der Waals surface area (Å²) < 4.78 is 25.4. The molecular weight excluding hydrogens is 212 g/mol.